The van der Waals surface area contributed by atoms with E-state index in [0.29, 0.717) is 12.3 Å². The van der Waals surface area contributed by atoms with Gasteiger partial charge in [-0.15, -0.1) is 0 Å². The zero-order valence-electron chi connectivity index (χ0n) is 12.3. The highest BCUT2D eigenvalue weighted by Crippen LogP contribution is 2.27. The molecular weight excluding hydrogens is 248 g/mol. The number of nitrogens with zero attached hydrogens (tertiary/aromatic N) is 2. The van der Waals surface area contributed by atoms with E-state index in [4.69, 9.17) is 0 Å². The van der Waals surface area contributed by atoms with E-state index >= 15 is 0 Å². The summed E-state index contributed by atoms with van der Waals surface area (Å²) in [6.07, 6.45) is 7.97. The molecule has 1 unspecified atom stereocenters. The molecule has 1 aromatic carbocycles. The summed E-state index contributed by atoms with van der Waals surface area (Å²) in [5.41, 5.74) is 2.17. The second kappa shape index (κ2) is 5.96. The highest BCUT2D eigenvalue weighted by atomic mass is 16.3. The average Bonchev–Trinajstić information content (AvgIpc) is 2.67. The Kier molecular flexibility index (Phi) is 4.06. The predicted octanol–water partition coefficient (Wildman–Crippen LogP) is 3.45. The van der Waals surface area contributed by atoms with Crippen molar-refractivity contribution in [2.24, 2.45) is 13.0 Å². The molecule has 3 nitrogen and oxygen atoms in total. The lowest BCUT2D eigenvalue weighted by molar-refractivity contribution is 0.0962. The first-order valence-electron chi connectivity index (χ1n) is 7.84. The van der Waals surface area contributed by atoms with Crippen LogP contribution in [0.25, 0.3) is 11.0 Å². The van der Waals surface area contributed by atoms with Gasteiger partial charge in [-0.1, -0.05) is 37.8 Å². The first kappa shape index (κ1) is 13.6. The van der Waals surface area contributed by atoms with Gasteiger partial charge in [0.25, 0.3) is 0 Å². The van der Waals surface area contributed by atoms with E-state index in [2.05, 4.69) is 15.6 Å². The molecule has 0 radical (unpaired) electrons. The molecule has 0 amide bonds. The lowest BCUT2D eigenvalue weighted by atomic mass is 9.92. The Hall–Kier alpha value is -1.35. The SMILES string of the molecule is Cn1c(CC(O)C2CCCCCC2)nc2ccccc21. The number of hydrogen-bond acceptors (Lipinski definition) is 2. The lowest BCUT2D eigenvalue weighted by Gasteiger charge is -2.20. The fourth-order valence-electron chi connectivity index (χ4n) is 3.43. The summed E-state index contributed by atoms with van der Waals surface area (Å²) in [5.74, 6) is 1.46. The van der Waals surface area contributed by atoms with Gasteiger partial charge in [0.15, 0.2) is 0 Å². The molecule has 0 saturated heterocycles. The molecule has 1 aliphatic carbocycles. The minimum atomic E-state index is -0.247. The van der Waals surface area contributed by atoms with Crippen LogP contribution in [0.5, 0.6) is 0 Å². The number of aliphatic hydroxyl groups is 1. The first-order valence-corrected chi connectivity index (χ1v) is 7.84. The molecule has 20 heavy (non-hydrogen) atoms. The van der Waals surface area contributed by atoms with Gasteiger partial charge in [-0.3, -0.25) is 0 Å². The molecule has 1 aliphatic rings. The number of benzene rings is 1. The van der Waals surface area contributed by atoms with Gasteiger partial charge in [-0.05, 0) is 30.9 Å². The van der Waals surface area contributed by atoms with Gasteiger partial charge in [-0.2, -0.15) is 0 Å². The third-order valence-corrected chi connectivity index (χ3v) is 4.72. The first-order chi connectivity index (χ1) is 9.75. The summed E-state index contributed by atoms with van der Waals surface area (Å²) in [6, 6.07) is 8.18. The molecule has 3 rings (SSSR count). The van der Waals surface area contributed by atoms with Crippen LogP contribution < -0.4 is 0 Å². The molecule has 108 valence electrons. The minimum Gasteiger partial charge on any atom is -0.392 e. The van der Waals surface area contributed by atoms with Crippen LogP contribution in [-0.4, -0.2) is 20.8 Å². The van der Waals surface area contributed by atoms with E-state index in [0.717, 1.165) is 16.9 Å². The number of hydrogen-bond donors (Lipinski definition) is 1. The molecule has 0 spiro atoms. The van der Waals surface area contributed by atoms with Crippen LogP contribution >= 0.6 is 0 Å². The van der Waals surface area contributed by atoms with Crippen LogP contribution in [0.1, 0.15) is 44.3 Å². The summed E-state index contributed by atoms with van der Waals surface area (Å²) in [4.78, 5) is 4.67. The van der Waals surface area contributed by atoms with E-state index in [-0.39, 0.29) is 6.10 Å². The largest absolute Gasteiger partial charge is 0.392 e. The second-order valence-corrected chi connectivity index (χ2v) is 6.10. The topological polar surface area (TPSA) is 38.0 Å². The van der Waals surface area contributed by atoms with Crippen molar-refractivity contribution < 1.29 is 5.11 Å². The second-order valence-electron chi connectivity index (χ2n) is 6.10. The quantitative estimate of drug-likeness (QED) is 0.869. The third kappa shape index (κ3) is 2.73. The molecule has 2 aromatic rings. The maximum atomic E-state index is 10.5. The highest BCUT2D eigenvalue weighted by Gasteiger charge is 2.22. The standard InChI is InChI=1S/C17H24N2O/c1-19-15-11-7-6-10-14(15)18-17(19)12-16(20)13-8-4-2-3-5-9-13/h6-7,10-11,13,16,20H,2-5,8-9,12H2,1H3. The van der Waals surface area contributed by atoms with Crippen molar-refractivity contribution in [2.45, 2.75) is 51.0 Å². The molecule has 1 fully saturated rings. The van der Waals surface area contributed by atoms with Crippen molar-refractivity contribution in [3.8, 4) is 0 Å². The van der Waals surface area contributed by atoms with E-state index < -0.39 is 0 Å². The van der Waals surface area contributed by atoms with Gasteiger partial charge in [0.1, 0.15) is 5.82 Å². The van der Waals surface area contributed by atoms with Gasteiger partial charge in [-0.25, -0.2) is 4.98 Å². The predicted molar refractivity (Wildman–Crippen MR) is 81.6 cm³/mol. The summed E-state index contributed by atoms with van der Waals surface area (Å²) in [5, 5.41) is 10.5. The Bertz CT molecular complexity index is 567. The molecule has 0 aliphatic heterocycles. The highest BCUT2D eigenvalue weighted by molar-refractivity contribution is 5.75. The summed E-state index contributed by atoms with van der Waals surface area (Å²) >= 11 is 0. The number of rotatable bonds is 3. The van der Waals surface area contributed by atoms with Gasteiger partial charge in [0.05, 0.1) is 17.1 Å². The monoisotopic (exact) mass is 272 g/mol. The molecule has 1 heterocycles. The van der Waals surface area contributed by atoms with E-state index in [1.807, 2.05) is 25.2 Å². The molecule has 0 bridgehead atoms. The van der Waals surface area contributed by atoms with Crippen molar-refractivity contribution >= 4 is 11.0 Å². The van der Waals surface area contributed by atoms with E-state index in [9.17, 15) is 5.11 Å². The van der Waals surface area contributed by atoms with Crippen molar-refractivity contribution in [1.29, 1.82) is 0 Å². The van der Waals surface area contributed by atoms with Crippen LogP contribution in [0.2, 0.25) is 0 Å². The van der Waals surface area contributed by atoms with Crippen LogP contribution in [0.3, 0.4) is 0 Å². The Labute approximate surface area is 120 Å². The third-order valence-electron chi connectivity index (χ3n) is 4.72. The molecule has 1 aromatic heterocycles. The fraction of sp³-hybridized carbons (Fsp3) is 0.588. The Balaban J connectivity index is 1.76. The summed E-state index contributed by atoms with van der Waals surface area (Å²) in [6.45, 7) is 0. The molecule has 1 atom stereocenters. The van der Waals surface area contributed by atoms with Gasteiger partial charge in [0, 0.05) is 13.5 Å². The maximum absolute atomic E-state index is 10.5. The Morgan fingerprint density at radius 2 is 1.90 bits per heavy atom. The number of imidazole rings is 1. The molecule has 3 heteroatoms. The number of aryl methyl sites for hydroxylation is 1. The van der Waals surface area contributed by atoms with E-state index in [1.165, 1.54) is 38.5 Å². The Morgan fingerprint density at radius 3 is 2.60 bits per heavy atom. The van der Waals surface area contributed by atoms with Crippen LogP contribution in [0.15, 0.2) is 24.3 Å². The summed E-state index contributed by atoms with van der Waals surface area (Å²) in [7, 11) is 2.05. The zero-order valence-corrected chi connectivity index (χ0v) is 12.3. The fourth-order valence-corrected chi connectivity index (χ4v) is 3.43. The smallest absolute Gasteiger partial charge is 0.112 e. The van der Waals surface area contributed by atoms with Gasteiger partial charge < -0.3 is 9.67 Å². The van der Waals surface area contributed by atoms with Gasteiger partial charge >= 0.3 is 0 Å². The van der Waals surface area contributed by atoms with Crippen LogP contribution in [-0.2, 0) is 13.5 Å². The molecular formula is C17H24N2O. The van der Waals surface area contributed by atoms with Crippen LogP contribution in [0.4, 0.5) is 0 Å². The zero-order chi connectivity index (χ0) is 13.9. The van der Waals surface area contributed by atoms with Crippen LogP contribution in [0, 0.1) is 5.92 Å². The van der Waals surface area contributed by atoms with Crippen molar-refractivity contribution in [3.05, 3.63) is 30.1 Å². The number of aromatic nitrogens is 2. The van der Waals surface area contributed by atoms with Gasteiger partial charge in [0.2, 0.25) is 0 Å². The summed E-state index contributed by atoms with van der Waals surface area (Å²) < 4.78 is 2.12. The molecule has 1 saturated carbocycles. The van der Waals surface area contributed by atoms with E-state index in [1.54, 1.807) is 0 Å². The number of fused-ring (bicyclic) bond motifs is 1. The lowest BCUT2D eigenvalue weighted by Crippen LogP contribution is -2.24. The average molecular weight is 272 g/mol. The number of para-hydroxylation sites is 2. The van der Waals surface area contributed by atoms with Crippen molar-refractivity contribution in [3.63, 3.8) is 0 Å². The van der Waals surface area contributed by atoms with Crippen molar-refractivity contribution in [2.75, 3.05) is 0 Å². The molecule has 1 N–H and O–H groups in total. The maximum Gasteiger partial charge on any atom is 0.112 e. The normalized spacial score (nSPS) is 19.1. The Morgan fingerprint density at radius 1 is 1.20 bits per heavy atom. The minimum absolute atomic E-state index is 0.247. The van der Waals surface area contributed by atoms with Crippen molar-refractivity contribution in [1.82, 2.24) is 9.55 Å². The number of aliphatic hydroxyl groups excluding tert-OH is 1.